The molecule has 0 saturated heterocycles. The summed E-state index contributed by atoms with van der Waals surface area (Å²) < 4.78 is 0. The lowest BCUT2D eigenvalue weighted by Gasteiger charge is -2.09. The Morgan fingerprint density at radius 2 is 2.20 bits per heavy atom. The molecule has 0 heterocycles. The minimum Gasteiger partial charge on any atom is -0.387 e. The first kappa shape index (κ1) is 12.4. The predicted octanol–water partition coefficient (Wildman–Crippen LogP) is 3.15. The lowest BCUT2D eigenvalue weighted by Crippen LogP contribution is -2.21. The molecule has 1 rings (SSSR count). The second kappa shape index (κ2) is 6.03. The highest BCUT2D eigenvalue weighted by atomic mass is 35.5. The number of amidine groups is 1. The summed E-state index contributed by atoms with van der Waals surface area (Å²) in [6, 6.07) is 7.82. The molecule has 82 valence electrons. The zero-order valence-electron chi connectivity index (χ0n) is 8.66. The van der Waals surface area contributed by atoms with Crippen molar-refractivity contribution in [3.8, 4) is 0 Å². The number of hydrogen-bond acceptors (Lipinski definition) is 2. The van der Waals surface area contributed by atoms with Crippen LogP contribution in [0.2, 0.25) is 5.02 Å². The summed E-state index contributed by atoms with van der Waals surface area (Å²) in [5, 5.41) is 8.07. The molecule has 1 aromatic rings. The molecule has 1 aromatic carbocycles. The van der Waals surface area contributed by atoms with Gasteiger partial charge in [-0.15, -0.1) is 0 Å². The average Bonchev–Trinajstić information content (AvgIpc) is 2.20. The van der Waals surface area contributed by atoms with Crippen molar-refractivity contribution in [1.82, 2.24) is 0 Å². The van der Waals surface area contributed by atoms with Crippen LogP contribution in [0.25, 0.3) is 0 Å². The van der Waals surface area contributed by atoms with E-state index in [0.717, 1.165) is 22.1 Å². The van der Waals surface area contributed by atoms with E-state index in [9.17, 15) is 0 Å². The van der Waals surface area contributed by atoms with Crippen LogP contribution in [-0.2, 0) is 5.75 Å². The van der Waals surface area contributed by atoms with Crippen LogP contribution in [0.15, 0.2) is 24.3 Å². The highest BCUT2D eigenvalue weighted by molar-refractivity contribution is 7.98. The molecular weight excluding hydrogens is 228 g/mol. The van der Waals surface area contributed by atoms with Crippen molar-refractivity contribution >= 4 is 29.2 Å². The maximum Gasteiger partial charge on any atom is 0.0942 e. The van der Waals surface area contributed by atoms with Crippen LogP contribution in [0, 0.1) is 11.3 Å². The first-order chi connectivity index (χ1) is 7.11. The van der Waals surface area contributed by atoms with Gasteiger partial charge in [0.2, 0.25) is 0 Å². The summed E-state index contributed by atoms with van der Waals surface area (Å²) in [6.45, 7) is 1.96. The van der Waals surface area contributed by atoms with Crippen molar-refractivity contribution in [1.29, 1.82) is 5.41 Å². The maximum atomic E-state index is 7.26. The van der Waals surface area contributed by atoms with Gasteiger partial charge < -0.3 is 5.73 Å². The van der Waals surface area contributed by atoms with Crippen molar-refractivity contribution in [2.24, 2.45) is 11.7 Å². The van der Waals surface area contributed by atoms with Crippen LogP contribution < -0.4 is 5.73 Å². The van der Waals surface area contributed by atoms with E-state index in [0.29, 0.717) is 0 Å². The molecule has 0 aliphatic rings. The van der Waals surface area contributed by atoms with Crippen LogP contribution in [-0.4, -0.2) is 11.6 Å². The Morgan fingerprint density at radius 1 is 1.53 bits per heavy atom. The van der Waals surface area contributed by atoms with Gasteiger partial charge in [-0.05, 0) is 11.6 Å². The zero-order valence-corrected chi connectivity index (χ0v) is 10.2. The number of thioether (sulfide) groups is 1. The Labute approximate surface area is 99.7 Å². The van der Waals surface area contributed by atoms with Crippen molar-refractivity contribution in [2.45, 2.75) is 12.7 Å². The number of benzene rings is 1. The fourth-order valence-electron chi connectivity index (χ4n) is 1.05. The Kier molecular flexibility index (Phi) is 4.99. The first-order valence-corrected chi connectivity index (χ1v) is 6.29. The third-order valence-electron chi connectivity index (χ3n) is 2.11. The van der Waals surface area contributed by atoms with Gasteiger partial charge in [-0.1, -0.05) is 36.7 Å². The fraction of sp³-hybridized carbons (Fsp3) is 0.364. The van der Waals surface area contributed by atoms with Crippen molar-refractivity contribution in [3.05, 3.63) is 34.9 Å². The van der Waals surface area contributed by atoms with Gasteiger partial charge in [0.1, 0.15) is 0 Å². The first-order valence-electron chi connectivity index (χ1n) is 4.76. The summed E-state index contributed by atoms with van der Waals surface area (Å²) in [6.07, 6.45) is 0. The van der Waals surface area contributed by atoms with Crippen LogP contribution in [0.5, 0.6) is 0 Å². The number of nitrogens with two attached hydrogens (primary N) is 1. The van der Waals surface area contributed by atoms with E-state index >= 15 is 0 Å². The number of hydrogen-bond donors (Lipinski definition) is 2. The molecule has 0 radical (unpaired) electrons. The van der Waals surface area contributed by atoms with Crippen LogP contribution in [0.3, 0.4) is 0 Å². The standard InChI is InChI=1S/C11H15ClN2S/c1-8(11(13)14)6-15-7-9-4-2-3-5-10(9)12/h2-5,8H,6-7H2,1H3,(H3,13,14). The largest absolute Gasteiger partial charge is 0.387 e. The second-order valence-corrected chi connectivity index (χ2v) is 4.90. The van der Waals surface area contributed by atoms with Gasteiger partial charge in [0, 0.05) is 22.4 Å². The minimum absolute atomic E-state index is 0.137. The van der Waals surface area contributed by atoms with Gasteiger partial charge in [-0.25, -0.2) is 0 Å². The monoisotopic (exact) mass is 242 g/mol. The molecule has 0 aliphatic heterocycles. The molecule has 0 bridgehead atoms. The Balaban J connectivity index is 2.38. The van der Waals surface area contributed by atoms with E-state index in [1.165, 1.54) is 0 Å². The zero-order chi connectivity index (χ0) is 11.3. The number of halogens is 1. The SMILES string of the molecule is CC(CSCc1ccccc1Cl)C(=N)N. The topological polar surface area (TPSA) is 49.9 Å². The van der Waals surface area contributed by atoms with E-state index in [4.69, 9.17) is 22.7 Å². The lowest BCUT2D eigenvalue weighted by atomic mass is 10.2. The van der Waals surface area contributed by atoms with Gasteiger partial charge >= 0.3 is 0 Å². The average molecular weight is 243 g/mol. The molecule has 1 unspecified atom stereocenters. The number of nitrogens with one attached hydrogen (secondary N) is 1. The van der Waals surface area contributed by atoms with Gasteiger partial charge in [-0.2, -0.15) is 11.8 Å². The van der Waals surface area contributed by atoms with Gasteiger partial charge in [-0.3, -0.25) is 5.41 Å². The molecule has 0 aliphatic carbocycles. The molecule has 4 heteroatoms. The molecule has 0 spiro atoms. The van der Waals surface area contributed by atoms with E-state index in [-0.39, 0.29) is 11.8 Å². The highest BCUT2D eigenvalue weighted by Crippen LogP contribution is 2.21. The molecule has 1 atom stereocenters. The van der Waals surface area contributed by atoms with Crippen molar-refractivity contribution in [2.75, 3.05) is 5.75 Å². The van der Waals surface area contributed by atoms with Crippen LogP contribution in [0.4, 0.5) is 0 Å². The molecule has 0 fully saturated rings. The molecule has 15 heavy (non-hydrogen) atoms. The smallest absolute Gasteiger partial charge is 0.0942 e. The minimum atomic E-state index is 0.137. The lowest BCUT2D eigenvalue weighted by molar-refractivity contribution is 0.879. The van der Waals surface area contributed by atoms with Gasteiger partial charge in [0.05, 0.1) is 5.84 Å². The van der Waals surface area contributed by atoms with Crippen LogP contribution in [0.1, 0.15) is 12.5 Å². The van der Waals surface area contributed by atoms with Gasteiger partial charge in [0.15, 0.2) is 0 Å². The molecular formula is C11H15ClN2S. The third-order valence-corrected chi connectivity index (χ3v) is 3.73. The molecule has 2 nitrogen and oxygen atoms in total. The Hall–Kier alpha value is -0.670. The molecule has 0 aromatic heterocycles. The fourth-order valence-corrected chi connectivity index (χ4v) is 2.46. The van der Waals surface area contributed by atoms with E-state index in [1.54, 1.807) is 11.8 Å². The van der Waals surface area contributed by atoms with E-state index in [1.807, 2.05) is 31.2 Å². The Morgan fingerprint density at radius 3 is 2.80 bits per heavy atom. The van der Waals surface area contributed by atoms with Crippen molar-refractivity contribution in [3.63, 3.8) is 0 Å². The third kappa shape index (κ3) is 4.14. The molecule has 0 amide bonds. The predicted molar refractivity (Wildman–Crippen MR) is 68.7 cm³/mol. The summed E-state index contributed by atoms with van der Waals surface area (Å²) >= 11 is 7.77. The highest BCUT2D eigenvalue weighted by Gasteiger charge is 2.06. The summed E-state index contributed by atoms with van der Waals surface area (Å²) in [4.78, 5) is 0. The number of rotatable bonds is 5. The maximum absolute atomic E-state index is 7.26. The van der Waals surface area contributed by atoms with E-state index < -0.39 is 0 Å². The quantitative estimate of drug-likeness (QED) is 0.616. The van der Waals surface area contributed by atoms with E-state index in [2.05, 4.69) is 0 Å². The van der Waals surface area contributed by atoms with Gasteiger partial charge in [0.25, 0.3) is 0 Å². The summed E-state index contributed by atoms with van der Waals surface area (Å²) in [5.41, 5.74) is 6.53. The second-order valence-electron chi connectivity index (χ2n) is 3.46. The molecule has 3 N–H and O–H groups in total. The Bertz CT molecular complexity index is 341. The van der Waals surface area contributed by atoms with Crippen molar-refractivity contribution < 1.29 is 0 Å². The summed E-state index contributed by atoms with van der Waals surface area (Å²) in [7, 11) is 0. The summed E-state index contributed by atoms with van der Waals surface area (Å²) in [5.74, 6) is 2.12. The van der Waals surface area contributed by atoms with Crippen LogP contribution >= 0.6 is 23.4 Å². The molecule has 0 saturated carbocycles. The normalized spacial score (nSPS) is 12.4.